The molecule has 1 spiro atoms. The molecular weight excluding hydrogens is 660 g/mol. The maximum absolute atomic E-state index is 14.2. The second-order valence-electron chi connectivity index (χ2n) is 15.8. The third-order valence-electron chi connectivity index (χ3n) is 11.2. The molecule has 1 aliphatic carbocycles. The van der Waals surface area contributed by atoms with Gasteiger partial charge in [0.2, 0.25) is 0 Å². The molecular formula is C36H51F2N9O4. The molecule has 0 unspecified atom stereocenters. The molecule has 0 atom stereocenters. The van der Waals surface area contributed by atoms with Crippen LogP contribution in [0.5, 0.6) is 0 Å². The van der Waals surface area contributed by atoms with Gasteiger partial charge < -0.3 is 29.5 Å². The van der Waals surface area contributed by atoms with Crippen molar-refractivity contribution in [2.75, 3.05) is 69.2 Å². The molecule has 3 aromatic rings. The average molecular weight is 712 g/mol. The predicted molar refractivity (Wildman–Crippen MR) is 187 cm³/mol. The van der Waals surface area contributed by atoms with Crippen molar-refractivity contribution in [3.8, 4) is 0 Å². The summed E-state index contributed by atoms with van der Waals surface area (Å²) in [4.78, 5) is 37.1. The Kier molecular flexibility index (Phi) is 10.2. The molecule has 4 aliphatic rings. The lowest BCUT2D eigenvalue weighted by Crippen LogP contribution is -2.49. The van der Waals surface area contributed by atoms with Crippen molar-refractivity contribution >= 4 is 29.2 Å². The molecule has 3 aliphatic heterocycles. The molecule has 4 fully saturated rings. The van der Waals surface area contributed by atoms with Crippen LogP contribution in [0.3, 0.4) is 0 Å². The molecule has 3 aromatic heterocycles. The molecule has 7 rings (SSSR count). The largest absolute Gasteiger partial charge is 0.444 e. The second kappa shape index (κ2) is 14.6. The number of ether oxygens (including phenoxy) is 2. The summed E-state index contributed by atoms with van der Waals surface area (Å²) in [6, 6.07) is 1.84. The zero-order valence-electron chi connectivity index (χ0n) is 30.0. The van der Waals surface area contributed by atoms with Crippen molar-refractivity contribution in [3.63, 3.8) is 0 Å². The summed E-state index contributed by atoms with van der Waals surface area (Å²) < 4.78 is 42.5. The van der Waals surface area contributed by atoms with Gasteiger partial charge in [-0.25, -0.2) is 23.1 Å². The third kappa shape index (κ3) is 8.14. The number of nitrogens with one attached hydrogen (secondary N) is 1. The number of carbonyl (C=O) groups excluding carboxylic acids is 2. The number of fused-ring (bicyclic) bond motifs is 1. The van der Waals surface area contributed by atoms with Crippen LogP contribution in [0.1, 0.15) is 101 Å². The van der Waals surface area contributed by atoms with E-state index in [1.54, 1.807) is 17.1 Å². The number of likely N-dealkylation sites (tertiary alicyclic amines) is 2. The summed E-state index contributed by atoms with van der Waals surface area (Å²) in [6.45, 7) is 13.0. The van der Waals surface area contributed by atoms with Crippen LogP contribution in [0.2, 0.25) is 0 Å². The van der Waals surface area contributed by atoms with E-state index in [0.717, 1.165) is 84.1 Å². The van der Waals surface area contributed by atoms with Gasteiger partial charge in [-0.05, 0) is 103 Å². The zero-order chi connectivity index (χ0) is 35.8. The molecule has 278 valence electrons. The highest BCUT2D eigenvalue weighted by Crippen LogP contribution is 2.42. The molecule has 15 heteroatoms. The van der Waals surface area contributed by atoms with Gasteiger partial charge in [-0.15, -0.1) is 0 Å². The maximum atomic E-state index is 14.2. The summed E-state index contributed by atoms with van der Waals surface area (Å²) in [7, 11) is 0. The maximum Gasteiger partial charge on any atom is 0.410 e. The van der Waals surface area contributed by atoms with E-state index in [9.17, 15) is 18.4 Å². The van der Waals surface area contributed by atoms with Crippen LogP contribution in [0.25, 0.3) is 5.65 Å². The summed E-state index contributed by atoms with van der Waals surface area (Å²) in [5.74, 6) is 0.705. The van der Waals surface area contributed by atoms with Crippen molar-refractivity contribution in [1.82, 2.24) is 34.2 Å². The highest BCUT2D eigenvalue weighted by atomic mass is 19.3. The Morgan fingerprint density at radius 2 is 1.71 bits per heavy atom. The van der Waals surface area contributed by atoms with Crippen molar-refractivity contribution < 1.29 is 27.8 Å². The molecule has 0 radical (unpaired) electrons. The van der Waals surface area contributed by atoms with E-state index in [2.05, 4.69) is 30.3 Å². The lowest BCUT2D eigenvalue weighted by Gasteiger charge is -2.47. The zero-order valence-corrected chi connectivity index (χ0v) is 30.0. The van der Waals surface area contributed by atoms with E-state index in [0.29, 0.717) is 49.1 Å². The van der Waals surface area contributed by atoms with Gasteiger partial charge in [-0.3, -0.25) is 9.48 Å². The molecule has 51 heavy (non-hydrogen) atoms. The minimum atomic E-state index is -2.83. The summed E-state index contributed by atoms with van der Waals surface area (Å²) in [5.41, 5.74) is -0.0185. The van der Waals surface area contributed by atoms with Gasteiger partial charge in [-0.1, -0.05) is 0 Å². The average Bonchev–Trinajstić information content (AvgIpc) is 3.74. The molecule has 1 saturated carbocycles. The smallest absolute Gasteiger partial charge is 0.410 e. The van der Waals surface area contributed by atoms with Gasteiger partial charge in [0.1, 0.15) is 17.0 Å². The van der Waals surface area contributed by atoms with Gasteiger partial charge in [0, 0.05) is 45.1 Å². The Hall–Kier alpha value is -3.85. The Balaban J connectivity index is 0.909. The number of hydrogen-bond donors (Lipinski definition) is 1. The van der Waals surface area contributed by atoms with Gasteiger partial charge in [0.25, 0.3) is 12.3 Å². The van der Waals surface area contributed by atoms with E-state index in [1.165, 1.54) is 10.7 Å². The molecule has 6 heterocycles. The number of amides is 2. The van der Waals surface area contributed by atoms with Gasteiger partial charge >= 0.3 is 6.09 Å². The van der Waals surface area contributed by atoms with Crippen LogP contribution >= 0.6 is 0 Å². The van der Waals surface area contributed by atoms with E-state index in [4.69, 9.17) is 9.47 Å². The van der Waals surface area contributed by atoms with Crippen molar-refractivity contribution in [2.45, 2.75) is 90.2 Å². The summed E-state index contributed by atoms with van der Waals surface area (Å²) in [6.07, 6.45) is 9.75. The minimum absolute atomic E-state index is 0.00101. The fourth-order valence-electron chi connectivity index (χ4n) is 8.19. The number of aromatic nitrogens is 5. The predicted octanol–water partition coefficient (Wildman–Crippen LogP) is 5.80. The van der Waals surface area contributed by atoms with Crippen LogP contribution in [0.15, 0.2) is 24.7 Å². The summed E-state index contributed by atoms with van der Waals surface area (Å²) in [5, 5.41) is 11.2. The number of hydrogen-bond acceptors (Lipinski definition) is 9. The lowest BCUT2D eigenvalue weighted by molar-refractivity contribution is -0.00438. The number of carbonyl (C=O) groups is 2. The van der Waals surface area contributed by atoms with Crippen molar-refractivity contribution in [3.05, 3.63) is 35.9 Å². The van der Waals surface area contributed by atoms with Gasteiger partial charge in [-0.2, -0.15) is 10.2 Å². The van der Waals surface area contributed by atoms with E-state index in [1.807, 2.05) is 31.7 Å². The first-order valence-corrected chi connectivity index (χ1v) is 18.5. The monoisotopic (exact) mass is 711 g/mol. The van der Waals surface area contributed by atoms with Crippen LogP contribution in [-0.2, 0) is 9.47 Å². The molecule has 1 N–H and O–H groups in total. The number of rotatable bonds is 7. The van der Waals surface area contributed by atoms with Crippen LogP contribution < -0.4 is 10.2 Å². The highest BCUT2D eigenvalue weighted by Gasteiger charge is 2.40. The number of halogens is 2. The molecule has 2 amide bonds. The van der Waals surface area contributed by atoms with Crippen LogP contribution in [-0.4, -0.2) is 111 Å². The number of piperidine rings is 2. The molecule has 0 bridgehead atoms. The van der Waals surface area contributed by atoms with Crippen molar-refractivity contribution in [2.24, 2.45) is 11.3 Å². The first-order valence-electron chi connectivity index (χ1n) is 18.5. The Labute approximate surface area is 297 Å². The standard InChI is InChI=1S/C36H51F2N9O4/c1-35(2,3)51-34(49)45-16-11-36(12-17-45)9-14-43(15-10-36)23-25-4-6-26(7-5-25)47-24-28(30(42-47)31(37)38)40-33(48)27-22-39-46-13-8-29(41-32(27)46)44-18-20-50-21-19-44/h8,13,22,24-26,31H,4-7,9-12,14-21,23H2,1-3H3,(H,40,48). The molecule has 3 saturated heterocycles. The Morgan fingerprint density at radius 3 is 2.37 bits per heavy atom. The minimum Gasteiger partial charge on any atom is -0.444 e. The van der Waals surface area contributed by atoms with Crippen molar-refractivity contribution in [1.29, 1.82) is 0 Å². The lowest BCUT2D eigenvalue weighted by atomic mass is 9.71. The number of morpholine rings is 1. The fourth-order valence-corrected chi connectivity index (χ4v) is 8.19. The fraction of sp³-hybridized carbons (Fsp3) is 0.694. The number of nitrogens with zero attached hydrogens (tertiary/aromatic N) is 8. The second-order valence-corrected chi connectivity index (χ2v) is 15.8. The first-order chi connectivity index (χ1) is 24.5. The molecule has 13 nitrogen and oxygen atoms in total. The Morgan fingerprint density at radius 1 is 1.02 bits per heavy atom. The highest BCUT2D eigenvalue weighted by molar-refractivity contribution is 6.08. The van der Waals surface area contributed by atoms with Gasteiger partial charge in [0.15, 0.2) is 11.3 Å². The normalized spacial score (nSPS) is 23.3. The van der Waals surface area contributed by atoms with Crippen LogP contribution in [0, 0.1) is 11.3 Å². The van der Waals surface area contributed by atoms with E-state index in [-0.39, 0.29) is 23.4 Å². The quantitative estimate of drug-likeness (QED) is 0.324. The summed E-state index contributed by atoms with van der Waals surface area (Å²) >= 11 is 0. The Bertz CT molecular complexity index is 1670. The van der Waals surface area contributed by atoms with E-state index < -0.39 is 23.6 Å². The molecule has 0 aromatic carbocycles. The van der Waals surface area contributed by atoms with E-state index >= 15 is 0 Å². The third-order valence-corrected chi connectivity index (χ3v) is 11.2. The number of alkyl halides is 2. The number of anilines is 2. The topological polar surface area (TPSA) is 122 Å². The van der Waals surface area contributed by atoms with Crippen LogP contribution in [0.4, 0.5) is 25.1 Å². The van der Waals surface area contributed by atoms with Gasteiger partial charge in [0.05, 0.1) is 31.1 Å². The SMILES string of the molecule is CC(C)(C)OC(=O)N1CCC2(CCN(CC3CCC(n4cc(NC(=O)c5cnn6ccc(N7CCOCC7)nc56)c(C(F)F)n4)CC3)CC2)CC1. The first kappa shape index (κ1) is 35.5.